The van der Waals surface area contributed by atoms with Crippen LogP contribution in [0.15, 0.2) is 15.3 Å². The molecule has 1 amide bonds. The minimum Gasteiger partial charge on any atom is -0.270 e. The second-order valence-electron chi connectivity index (χ2n) is 5.29. The van der Waals surface area contributed by atoms with Crippen LogP contribution in [-0.2, 0) is 4.79 Å². The lowest BCUT2D eigenvalue weighted by Gasteiger charge is -2.27. The van der Waals surface area contributed by atoms with E-state index >= 15 is 0 Å². The lowest BCUT2D eigenvalue weighted by atomic mass is 10.1. The Morgan fingerprint density at radius 3 is 2.31 bits per heavy atom. The second-order valence-corrected chi connectivity index (χ2v) is 5.29. The summed E-state index contributed by atoms with van der Waals surface area (Å²) in [7, 11) is 0. The number of rotatable bonds is 2. The molecule has 90 valence electrons. The average Bonchev–Trinajstić information content (AvgIpc) is 2.38. The van der Waals surface area contributed by atoms with Crippen molar-refractivity contribution in [2.75, 3.05) is 0 Å². The number of nitrogens with zero attached hydrogens (tertiary/aromatic N) is 4. The van der Waals surface area contributed by atoms with E-state index in [1.54, 1.807) is 0 Å². The maximum absolute atomic E-state index is 12.0. The van der Waals surface area contributed by atoms with E-state index in [1.807, 2.05) is 41.5 Å². The molecule has 0 radical (unpaired) electrons. The van der Waals surface area contributed by atoms with Crippen LogP contribution in [0.3, 0.4) is 0 Å². The Balaban J connectivity index is 2.87. The molecule has 5 nitrogen and oxygen atoms in total. The molecule has 0 N–H and O–H groups in total. The van der Waals surface area contributed by atoms with Gasteiger partial charge in [-0.25, -0.2) is 5.01 Å². The van der Waals surface area contributed by atoms with Crippen molar-refractivity contribution >= 4 is 11.6 Å². The third-order valence-corrected chi connectivity index (χ3v) is 2.14. The van der Waals surface area contributed by atoms with Crippen LogP contribution < -0.4 is 0 Å². The minimum atomic E-state index is -0.526. The van der Waals surface area contributed by atoms with E-state index in [-0.39, 0.29) is 17.5 Å². The number of azo groups is 1. The van der Waals surface area contributed by atoms with Gasteiger partial charge in [0, 0.05) is 0 Å². The van der Waals surface area contributed by atoms with Gasteiger partial charge in [0.1, 0.15) is 0 Å². The zero-order chi connectivity index (χ0) is 12.5. The Bertz CT molecular complexity index is 338. The number of carbonyl (C=O) groups is 1. The van der Waals surface area contributed by atoms with Crippen LogP contribution in [-0.4, -0.2) is 34.3 Å². The maximum atomic E-state index is 12.0. The van der Waals surface area contributed by atoms with Gasteiger partial charge in [-0.1, -0.05) is 0 Å². The van der Waals surface area contributed by atoms with Crippen LogP contribution in [0.1, 0.15) is 41.5 Å². The van der Waals surface area contributed by atoms with Gasteiger partial charge in [-0.05, 0) is 41.5 Å². The maximum Gasteiger partial charge on any atom is 0.275 e. The molecule has 1 rings (SSSR count). The molecule has 1 atom stereocenters. The van der Waals surface area contributed by atoms with Crippen molar-refractivity contribution in [3.63, 3.8) is 0 Å². The molecule has 16 heavy (non-hydrogen) atoms. The summed E-state index contributed by atoms with van der Waals surface area (Å²) in [4.78, 5) is 12.0. The zero-order valence-electron chi connectivity index (χ0n) is 10.9. The number of hydrazone groups is 1. The molecule has 0 fully saturated rings. The summed E-state index contributed by atoms with van der Waals surface area (Å²) in [5.74, 6) is -0.0885. The first-order valence-corrected chi connectivity index (χ1v) is 5.52. The second kappa shape index (κ2) is 4.31. The van der Waals surface area contributed by atoms with E-state index in [0.29, 0.717) is 5.71 Å². The Labute approximate surface area is 96.6 Å². The first-order valence-electron chi connectivity index (χ1n) is 5.52. The van der Waals surface area contributed by atoms with E-state index in [0.717, 1.165) is 0 Å². The van der Waals surface area contributed by atoms with E-state index in [9.17, 15) is 4.79 Å². The molecule has 1 unspecified atom stereocenters. The fourth-order valence-electron chi connectivity index (χ4n) is 1.37. The molecule has 0 saturated carbocycles. The van der Waals surface area contributed by atoms with Crippen LogP contribution in [0.2, 0.25) is 0 Å². The van der Waals surface area contributed by atoms with Crippen molar-refractivity contribution in [1.29, 1.82) is 0 Å². The summed E-state index contributed by atoms with van der Waals surface area (Å²) in [6.45, 7) is 11.5. The number of hydrogen-bond donors (Lipinski definition) is 0. The quantitative estimate of drug-likeness (QED) is 0.663. The van der Waals surface area contributed by atoms with Crippen LogP contribution in [0.4, 0.5) is 0 Å². The standard InChI is InChI=1S/C11H20N4O/c1-7(2)12-13-9-8(3)14-15(10(9)16)11(4,5)6/h7,9H,1-6H3. The summed E-state index contributed by atoms with van der Waals surface area (Å²) in [6, 6.07) is -0.425. The smallest absolute Gasteiger partial charge is 0.270 e. The third-order valence-electron chi connectivity index (χ3n) is 2.14. The van der Waals surface area contributed by atoms with Crippen molar-refractivity contribution in [2.45, 2.75) is 59.2 Å². The molecule has 1 aliphatic heterocycles. The van der Waals surface area contributed by atoms with Crippen molar-refractivity contribution in [3.05, 3.63) is 0 Å². The van der Waals surface area contributed by atoms with Gasteiger partial charge < -0.3 is 0 Å². The van der Waals surface area contributed by atoms with Crippen LogP contribution in [0.25, 0.3) is 0 Å². The molecular weight excluding hydrogens is 204 g/mol. The SMILES string of the molecule is CC1=NN(C(C)(C)C)C(=O)C1N=NC(C)C. The number of amides is 1. The average molecular weight is 224 g/mol. The van der Waals surface area contributed by atoms with Gasteiger partial charge >= 0.3 is 0 Å². The van der Waals surface area contributed by atoms with Gasteiger partial charge in [0.15, 0.2) is 6.04 Å². The van der Waals surface area contributed by atoms with Crippen LogP contribution >= 0.6 is 0 Å². The number of carbonyl (C=O) groups excluding carboxylic acids is 1. The molecular formula is C11H20N4O. The molecule has 0 aromatic heterocycles. The van der Waals surface area contributed by atoms with Gasteiger partial charge in [-0.2, -0.15) is 15.3 Å². The highest BCUT2D eigenvalue weighted by molar-refractivity contribution is 6.11. The summed E-state index contributed by atoms with van der Waals surface area (Å²) >= 11 is 0. The van der Waals surface area contributed by atoms with Crippen molar-refractivity contribution < 1.29 is 4.79 Å². The normalized spacial score (nSPS) is 22.4. The Morgan fingerprint density at radius 2 is 1.94 bits per heavy atom. The third kappa shape index (κ3) is 2.65. The fourth-order valence-corrected chi connectivity index (χ4v) is 1.37. The Morgan fingerprint density at radius 1 is 1.38 bits per heavy atom. The summed E-state index contributed by atoms with van der Waals surface area (Å²) < 4.78 is 0. The highest BCUT2D eigenvalue weighted by Gasteiger charge is 2.39. The van der Waals surface area contributed by atoms with Crippen molar-refractivity contribution in [3.8, 4) is 0 Å². The molecule has 0 aliphatic carbocycles. The predicted molar refractivity (Wildman–Crippen MR) is 63.5 cm³/mol. The Kier molecular flexibility index (Phi) is 3.45. The fraction of sp³-hybridized carbons (Fsp3) is 0.818. The first kappa shape index (κ1) is 12.8. The monoisotopic (exact) mass is 224 g/mol. The zero-order valence-corrected chi connectivity index (χ0v) is 10.9. The lowest BCUT2D eigenvalue weighted by Crippen LogP contribution is -2.42. The summed E-state index contributed by atoms with van der Waals surface area (Å²) in [5, 5.41) is 13.8. The predicted octanol–water partition coefficient (Wildman–Crippen LogP) is 2.23. The van der Waals surface area contributed by atoms with Crippen LogP contribution in [0, 0.1) is 0 Å². The van der Waals surface area contributed by atoms with Gasteiger partial charge in [-0.3, -0.25) is 4.79 Å². The van der Waals surface area contributed by atoms with E-state index in [1.165, 1.54) is 5.01 Å². The number of hydrogen-bond acceptors (Lipinski definition) is 4. The molecule has 1 heterocycles. The molecule has 0 bridgehead atoms. The van der Waals surface area contributed by atoms with E-state index in [4.69, 9.17) is 0 Å². The highest BCUT2D eigenvalue weighted by Crippen LogP contribution is 2.22. The minimum absolute atomic E-state index is 0.0885. The van der Waals surface area contributed by atoms with Crippen molar-refractivity contribution in [2.24, 2.45) is 15.3 Å². The highest BCUT2D eigenvalue weighted by atomic mass is 16.2. The largest absolute Gasteiger partial charge is 0.275 e. The van der Waals surface area contributed by atoms with Crippen molar-refractivity contribution in [1.82, 2.24) is 5.01 Å². The van der Waals surface area contributed by atoms with Gasteiger partial charge in [0.05, 0.1) is 17.3 Å². The summed E-state index contributed by atoms with van der Waals surface area (Å²) in [5.41, 5.74) is 0.407. The lowest BCUT2D eigenvalue weighted by molar-refractivity contribution is -0.134. The molecule has 0 spiro atoms. The summed E-state index contributed by atoms with van der Waals surface area (Å²) in [6.07, 6.45) is 0. The molecule has 0 aromatic rings. The van der Waals surface area contributed by atoms with Gasteiger partial charge in [-0.15, -0.1) is 0 Å². The van der Waals surface area contributed by atoms with Crippen LogP contribution in [0.5, 0.6) is 0 Å². The topological polar surface area (TPSA) is 57.4 Å². The van der Waals surface area contributed by atoms with E-state index < -0.39 is 6.04 Å². The molecule has 0 aromatic carbocycles. The van der Waals surface area contributed by atoms with Gasteiger partial charge in [0.2, 0.25) is 0 Å². The van der Waals surface area contributed by atoms with Gasteiger partial charge in [0.25, 0.3) is 5.91 Å². The molecule has 0 saturated heterocycles. The Hall–Kier alpha value is -1.26. The first-order chi connectivity index (χ1) is 7.23. The van der Waals surface area contributed by atoms with E-state index in [2.05, 4.69) is 15.3 Å². The molecule has 5 heteroatoms. The molecule has 1 aliphatic rings.